The number of ether oxygens (including phenoxy) is 1. The molecule has 1 aliphatic heterocycles. The Morgan fingerprint density at radius 1 is 1.30 bits per heavy atom. The fraction of sp³-hybridized carbons (Fsp3) is 0.318. The Balaban J connectivity index is 2.03. The summed E-state index contributed by atoms with van der Waals surface area (Å²) in [6.07, 6.45) is 0.720. The number of anilines is 1. The van der Waals surface area contributed by atoms with Crippen LogP contribution >= 0.6 is 0 Å². The Kier molecular flexibility index (Phi) is 5.51. The highest BCUT2D eigenvalue weighted by molar-refractivity contribution is 5.87. The van der Waals surface area contributed by atoms with Crippen LogP contribution in [0.25, 0.3) is 11.1 Å². The van der Waals surface area contributed by atoms with E-state index in [0.29, 0.717) is 18.2 Å². The van der Waals surface area contributed by atoms with Crippen LogP contribution in [0.5, 0.6) is 5.75 Å². The van der Waals surface area contributed by atoms with Crippen molar-refractivity contribution in [1.82, 2.24) is 0 Å². The van der Waals surface area contributed by atoms with Crippen molar-refractivity contribution in [2.24, 2.45) is 0 Å². The highest BCUT2D eigenvalue weighted by Gasteiger charge is 2.24. The van der Waals surface area contributed by atoms with Crippen LogP contribution in [-0.4, -0.2) is 29.3 Å². The summed E-state index contributed by atoms with van der Waals surface area (Å²) < 4.78 is 5.87. The number of carboxylic acid groups (broad SMARTS) is 1. The summed E-state index contributed by atoms with van der Waals surface area (Å²) in [5.74, 6) is 0.220. The summed E-state index contributed by atoms with van der Waals surface area (Å²) in [5.41, 5.74) is 5.75. The molecule has 27 heavy (non-hydrogen) atoms. The molecule has 0 amide bonds. The fourth-order valence-corrected chi connectivity index (χ4v) is 3.32. The van der Waals surface area contributed by atoms with Crippen LogP contribution in [0.1, 0.15) is 36.5 Å². The van der Waals surface area contributed by atoms with Gasteiger partial charge in [0.1, 0.15) is 5.75 Å². The van der Waals surface area contributed by atoms with E-state index in [-0.39, 0.29) is 18.7 Å². The number of nitrogens with one attached hydrogen (secondary N) is 1. The Bertz CT molecular complexity index is 869. The predicted molar refractivity (Wildman–Crippen MR) is 106 cm³/mol. The molecule has 0 saturated carbocycles. The minimum atomic E-state index is -1.04. The van der Waals surface area contributed by atoms with Gasteiger partial charge < -0.3 is 20.3 Å². The van der Waals surface area contributed by atoms with E-state index in [1.807, 2.05) is 6.07 Å². The molecular weight excluding hydrogens is 342 g/mol. The standard InChI is InChI=1S/C22H25NO4/c1-13(2)15-4-6-16(7-5-15)18-10-20(23-11-14(3)22(25)26)19(12-24)17-8-9-27-21(17)18/h4-7,10,13,23-24H,3,8-9,11-12H2,1-2H3,(H,25,26). The van der Waals surface area contributed by atoms with Gasteiger partial charge >= 0.3 is 5.97 Å². The Morgan fingerprint density at radius 3 is 2.59 bits per heavy atom. The molecule has 0 fully saturated rings. The van der Waals surface area contributed by atoms with Crippen molar-refractivity contribution < 1.29 is 19.7 Å². The molecule has 1 aliphatic rings. The number of aliphatic hydroxyl groups excluding tert-OH is 1. The lowest BCUT2D eigenvalue weighted by Gasteiger charge is -2.18. The van der Waals surface area contributed by atoms with E-state index in [4.69, 9.17) is 9.84 Å². The molecule has 0 unspecified atom stereocenters. The molecule has 0 aliphatic carbocycles. The number of fused-ring (bicyclic) bond motifs is 1. The lowest BCUT2D eigenvalue weighted by molar-refractivity contribution is -0.132. The number of benzene rings is 2. The van der Waals surface area contributed by atoms with Gasteiger partial charge in [0.15, 0.2) is 0 Å². The van der Waals surface area contributed by atoms with Crippen LogP contribution in [0.15, 0.2) is 42.5 Å². The van der Waals surface area contributed by atoms with Gasteiger partial charge in [-0.15, -0.1) is 0 Å². The van der Waals surface area contributed by atoms with Crippen molar-refractivity contribution >= 4 is 11.7 Å². The van der Waals surface area contributed by atoms with Crippen molar-refractivity contribution in [1.29, 1.82) is 0 Å². The van der Waals surface area contributed by atoms with Crippen LogP contribution in [0, 0.1) is 0 Å². The summed E-state index contributed by atoms with van der Waals surface area (Å²) in [6, 6.07) is 10.3. The van der Waals surface area contributed by atoms with E-state index >= 15 is 0 Å². The summed E-state index contributed by atoms with van der Waals surface area (Å²) >= 11 is 0. The fourth-order valence-electron chi connectivity index (χ4n) is 3.32. The molecule has 0 bridgehead atoms. The van der Waals surface area contributed by atoms with Crippen LogP contribution in [0.2, 0.25) is 0 Å². The zero-order valence-electron chi connectivity index (χ0n) is 15.7. The van der Waals surface area contributed by atoms with E-state index in [2.05, 4.69) is 50.0 Å². The molecule has 142 valence electrons. The van der Waals surface area contributed by atoms with E-state index in [1.54, 1.807) is 0 Å². The first-order valence-electron chi connectivity index (χ1n) is 9.10. The molecule has 0 atom stereocenters. The maximum Gasteiger partial charge on any atom is 0.332 e. The number of rotatable bonds is 7. The molecule has 5 heteroatoms. The molecule has 2 aromatic carbocycles. The first-order chi connectivity index (χ1) is 12.9. The Labute approximate surface area is 159 Å². The molecule has 0 saturated heterocycles. The third-order valence-electron chi connectivity index (χ3n) is 4.94. The Hall–Kier alpha value is -2.79. The SMILES string of the molecule is C=C(CNc1cc(-c2ccc(C(C)C)cc2)c2c(c1CO)CCO2)C(=O)O. The summed E-state index contributed by atoms with van der Waals surface area (Å²) in [7, 11) is 0. The van der Waals surface area contributed by atoms with Gasteiger partial charge in [-0.2, -0.15) is 0 Å². The van der Waals surface area contributed by atoms with Crippen molar-refractivity contribution in [2.45, 2.75) is 32.8 Å². The molecule has 3 rings (SSSR count). The third kappa shape index (κ3) is 3.83. The van der Waals surface area contributed by atoms with E-state index < -0.39 is 5.97 Å². The van der Waals surface area contributed by atoms with E-state index in [1.165, 1.54) is 5.56 Å². The van der Waals surface area contributed by atoms with Crippen molar-refractivity contribution in [3.63, 3.8) is 0 Å². The zero-order chi connectivity index (χ0) is 19.6. The van der Waals surface area contributed by atoms with Crippen LogP contribution in [0.3, 0.4) is 0 Å². The third-order valence-corrected chi connectivity index (χ3v) is 4.94. The highest BCUT2D eigenvalue weighted by atomic mass is 16.5. The molecule has 0 radical (unpaired) electrons. The number of carbonyl (C=O) groups is 1. The predicted octanol–water partition coefficient (Wildman–Crippen LogP) is 3.96. The second kappa shape index (κ2) is 7.84. The summed E-state index contributed by atoms with van der Waals surface area (Å²) in [5, 5.41) is 22.0. The molecule has 2 aromatic rings. The van der Waals surface area contributed by atoms with Gasteiger partial charge in [0.05, 0.1) is 13.2 Å². The normalized spacial score (nSPS) is 12.6. The molecule has 0 aromatic heterocycles. The smallest absolute Gasteiger partial charge is 0.332 e. The zero-order valence-corrected chi connectivity index (χ0v) is 15.7. The van der Waals surface area contributed by atoms with Crippen molar-refractivity contribution in [2.75, 3.05) is 18.5 Å². The number of hydrogen-bond acceptors (Lipinski definition) is 4. The first kappa shape index (κ1) is 19.0. The second-order valence-electron chi connectivity index (χ2n) is 7.05. The number of aliphatic carboxylic acids is 1. The number of aliphatic hydroxyl groups is 1. The van der Waals surface area contributed by atoms with Crippen LogP contribution in [-0.2, 0) is 17.8 Å². The maximum atomic E-state index is 11.0. The van der Waals surface area contributed by atoms with Crippen LogP contribution in [0.4, 0.5) is 5.69 Å². The minimum absolute atomic E-state index is 0.0680. The van der Waals surface area contributed by atoms with Gasteiger partial charge in [-0.05, 0) is 23.1 Å². The topological polar surface area (TPSA) is 78.8 Å². The van der Waals surface area contributed by atoms with Gasteiger partial charge in [-0.25, -0.2) is 4.79 Å². The summed E-state index contributed by atoms with van der Waals surface area (Å²) in [6.45, 7) is 8.41. The van der Waals surface area contributed by atoms with E-state index in [0.717, 1.165) is 34.4 Å². The van der Waals surface area contributed by atoms with Crippen LogP contribution < -0.4 is 10.1 Å². The molecule has 5 nitrogen and oxygen atoms in total. The van der Waals surface area contributed by atoms with Gasteiger partial charge in [0.25, 0.3) is 0 Å². The average molecular weight is 367 g/mol. The summed E-state index contributed by atoms with van der Waals surface area (Å²) in [4.78, 5) is 11.0. The first-order valence-corrected chi connectivity index (χ1v) is 9.10. The van der Waals surface area contributed by atoms with Gasteiger partial charge in [0, 0.05) is 40.9 Å². The van der Waals surface area contributed by atoms with Gasteiger partial charge in [-0.3, -0.25) is 0 Å². The molecule has 3 N–H and O–H groups in total. The quantitative estimate of drug-likeness (QED) is 0.646. The van der Waals surface area contributed by atoms with Gasteiger partial charge in [0.2, 0.25) is 0 Å². The van der Waals surface area contributed by atoms with E-state index in [9.17, 15) is 9.90 Å². The lowest BCUT2D eigenvalue weighted by atomic mass is 9.93. The monoisotopic (exact) mass is 367 g/mol. The molecular formula is C22H25NO4. The lowest BCUT2D eigenvalue weighted by Crippen LogP contribution is -2.13. The minimum Gasteiger partial charge on any atom is -0.492 e. The van der Waals surface area contributed by atoms with Crippen molar-refractivity contribution in [3.05, 3.63) is 59.2 Å². The number of carboxylic acids is 1. The largest absolute Gasteiger partial charge is 0.492 e. The molecule has 0 spiro atoms. The highest BCUT2D eigenvalue weighted by Crippen LogP contribution is 2.42. The van der Waals surface area contributed by atoms with Gasteiger partial charge in [-0.1, -0.05) is 44.7 Å². The number of hydrogen-bond donors (Lipinski definition) is 3. The Morgan fingerprint density at radius 2 is 2.00 bits per heavy atom. The maximum absolute atomic E-state index is 11.0. The average Bonchev–Trinajstić information content (AvgIpc) is 3.14. The molecule has 1 heterocycles. The van der Waals surface area contributed by atoms with Crippen molar-refractivity contribution in [3.8, 4) is 16.9 Å². The second-order valence-corrected chi connectivity index (χ2v) is 7.05.